The van der Waals surface area contributed by atoms with E-state index < -0.39 is 12.2 Å². The third kappa shape index (κ3) is 6.26. The third-order valence-corrected chi connectivity index (χ3v) is 8.99. The molecule has 2 aliphatic heterocycles. The first-order chi connectivity index (χ1) is 21.2. The number of piperidine rings is 1. The number of allylic oxidation sites excluding steroid dienone is 1. The Bertz CT molecular complexity index is 1710. The van der Waals surface area contributed by atoms with E-state index >= 15 is 0 Å². The molecule has 230 valence electrons. The van der Waals surface area contributed by atoms with Gasteiger partial charge < -0.3 is 24.6 Å². The quantitative estimate of drug-likeness (QED) is 0.315. The van der Waals surface area contributed by atoms with Gasteiger partial charge >= 0.3 is 0 Å². The number of hydrogen-bond donors (Lipinski definition) is 2. The third-order valence-electron chi connectivity index (χ3n) is 8.99. The molecule has 6 rings (SSSR count). The summed E-state index contributed by atoms with van der Waals surface area (Å²) >= 11 is 0. The lowest BCUT2D eigenvalue weighted by atomic mass is 10.0. The number of rotatable bonds is 8. The van der Waals surface area contributed by atoms with Crippen LogP contribution in [0.1, 0.15) is 42.3 Å². The van der Waals surface area contributed by atoms with Crippen LogP contribution in [0, 0.1) is 13.8 Å². The number of benzene rings is 1. The molecule has 9 nitrogen and oxygen atoms in total. The zero-order valence-electron chi connectivity index (χ0n) is 25.9. The minimum absolute atomic E-state index is 0.0110. The summed E-state index contributed by atoms with van der Waals surface area (Å²) < 4.78 is 2.00. The maximum atomic E-state index is 14.1. The van der Waals surface area contributed by atoms with Crippen molar-refractivity contribution in [2.24, 2.45) is 0 Å². The lowest BCUT2D eigenvalue weighted by Crippen LogP contribution is -2.48. The Morgan fingerprint density at radius 1 is 0.955 bits per heavy atom. The Morgan fingerprint density at radius 3 is 2.43 bits per heavy atom. The van der Waals surface area contributed by atoms with Gasteiger partial charge in [-0.2, -0.15) is 0 Å². The first-order valence-corrected chi connectivity index (χ1v) is 15.4. The molecule has 2 fully saturated rings. The van der Waals surface area contributed by atoms with E-state index in [0.29, 0.717) is 31.6 Å². The molecule has 2 aliphatic rings. The molecule has 3 atom stereocenters. The van der Waals surface area contributed by atoms with Gasteiger partial charge in [-0.05, 0) is 81.6 Å². The standard InChI is InChI=1S/C35H42N6O3/c1-23(2)41-19-27(35(44)31-10-9-28(15-32(31)41)40-21-33(42)34(43)22-40)18-39(17-26-11-12-36-25(4)14-26)30-6-5-13-38(20-30)29-8-7-24(3)37-16-29/h7-12,14-16,19,30,33-34,42-43H,1,5-6,13,17-18,20-22H2,2-4H3/t30-,33-,34+/m0/s1. The fourth-order valence-corrected chi connectivity index (χ4v) is 6.58. The number of aryl methyl sites for hydroxylation is 2. The summed E-state index contributed by atoms with van der Waals surface area (Å²) in [6.45, 7) is 13.9. The molecule has 0 aliphatic carbocycles. The van der Waals surface area contributed by atoms with Crippen LogP contribution in [0.2, 0.25) is 0 Å². The predicted molar refractivity (Wildman–Crippen MR) is 176 cm³/mol. The molecule has 0 unspecified atom stereocenters. The molecule has 44 heavy (non-hydrogen) atoms. The number of anilines is 2. The van der Waals surface area contributed by atoms with Crippen LogP contribution in [0.4, 0.5) is 11.4 Å². The largest absolute Gasteiger partial charge is 0.389 e. The summed E-state index contributed by atoms with van der Waals surface area (Å²) in [5, 5.41) is 20.8. The number of hydrogen-bond acceptors (Lipinski definition) is 8. The number of fused-ring (bicyclic) bond motifs is 1. The zero-order valence-corrected chi connectivity index (χ0v) is 25.9. The van der Waals surface area contributed by atoms with Crippen molar-refractivity contribution in [1.29, 1.82) is 0 Å². The van der Waals surface area contributed by atoms with Crippen molar-refractivity contribution in [2.45, 2.75) is 65.0 Å². The summed E-state index contributed by atoms with van der Waals surface area (Å²) in [4.78, 5) is 29.8. The normalized spacial score (nSPS) is 20.5. The molecule has 2 N–H and O–H groups in total. The molecule has 3 aromatic heterocycles. The van der Waals surface area contributed by atoms with Gasteiger partial charge in [0, 0.05) is 91.4 Å². The minimum Gasteiger partial charge on any atom is -0.389 e. The van der Waals surface area contributed by atoms with Crippen molar-refractivity contribution in [3.05, 3.63) is 100 Å². The highest BCUT2D eigenvalue weighted by Crippen LogP contribution is 2.28. The van der Waals surface area contributed by atoms with E-state index in [4.69, 9.17) is 0 Å². The monoisotopic (exact) mass is 594 g/mol. The first kappa shape index (κ1) is 30.0. The van der Waals surface area contributed by atoms with E-state index in [1.165, 1.54) is 5.56 Å². The van der Waals surface area contributed by atoms with Gasteiger partial charge in [0.25, 0.3) is 0 Å². The second-order valence-electron chi connectivity index (χ2n) is 12.4. The highest BCUT2D eigenvalue weighted by Gasteiger charge is 2.30. The molecule has 1 aromatic carbocycles. The number of nitrogens with zero attached hydrogens (tertiary/aromatic N) is 6. The van der Waals surface area contributed by atoms with Crippen LogP contribution in [0.15, 0.2) is 72.4 Å². The Kier molecular flexibility index (Phi) is 8.53. The highest BCUT2D eigenvalue weighted by molar-refractivity contribution is 5.85. The smallest absolute Gasteiger partial charge is 0.193 e. The Hall–Kier alpha value is -4.05. The van der Waals surface area contributed by atoms with Crippen LogP contribution < -0.4 is 15.2 Å². The second-order valence-corrected chi connectivity index (χ2v) is 12.4. The molecule has 0 saturated carbocycles. The van der Waals surface area contributed by atoms with E-state index in [2.05, 4.69) is 50.6 Å². The van der Waals surface area contributed by atoms with Gasteiger partial charge in [0.1, 0.15) is 0 Å². The van der Waals surface area contributed by atoms with Crippen molar-refractivity contribution in [2.75, 3.05) is 36.0 Å². The summed E-state index contributed by atoms with van der Waals surface area (Å²) in [6.07, 6.45) is 6.28. The Morgan fingerprint density at radius 2 is 1.73 bits per heavy atom. The molecule has 9 heteroatoms. The van der Waals surface area contributed by atoms with Crippen molar-refractivity contribution in [3.63, 3.8) is 0 Å². The van der Waals surface area contributed by atoms with Crippen LogP contribution in [0.5, 0.6) is 0 Å². The number of aliphatic hydroxyl groups excluding tert-OH is 2. The first-order valence-electron chi connectivity index (χ1n) is 15.4. The Labute approximate surface area is 258 Å². The molecule has 0 bridgehead atoms. The van der Waals surface area contributed by atoms with E-state index in [0.717, 1.165) is 65.5 Å². The van der Waals surface area contributed by atoms with Gasteiger partial charge in [-0.3, -0.25) is 19.7 Å². The summed E-state index contributed by atoms with van der Waals surface area (Å²) in [5.41, 5.74) is 7.45. The molecule has 2 saturated heterocycles. The average molecular weight is 595 g/mol. The van der Waals surface area contributed by atoms with Crippen LogP contribution in [-0.4, -0.2) is 74.1 Å². The average Bonchev–Trinajstić information content (AvgIpc) is 3.35. The topological polar surface area (TPSA) is 98.0 Å². The maximum absolute atomic E-state index is 14.1. The van der Waals surface area contributed by atoms with Crippen LogP contribution in [0.3, 0.4) is 0 Å². The minimum atomic E-state index is -0.787. The van der Waals surface area contributed by atoms with Gasteiger partial charge in [0.2, 0.25) is 0 Å². The lowest BCUT2D eigenvalue weighted by Gasteiger charge is -2.40. The van der Waals surface area contributed by atoms with Crippen molar-refractivity contribution < 1.29 is 10.2 Å². The number of pyridine rings is 3. The summed E-state index contributed by atoms with van der Waals surface area (Å²) in [7, 11) is 0. The van der Waals surface area contributed by atoms with Crippen molar-refractivity contribution in [1.82, 2.24) is 19.4 Å². The van der Waals surface area contributed by atoms with Gasteiger partial charge in [-0.25, -0.2) is 0 Å². The van der Waals surface area contributed by atoms with E-state index in [9.17, 15) is 15.0 Å². The molecule has 4 aromatic rings. The van der Waals surface area contributed by atoms with Gasteiger partial charge in [0.05, 0.1) is 29.6 Å². The predicted octanol–water partition coefficient (Wildman–Crippen LogP) is 4.11. The molecular weight excluding hydrogens is 552 g/mol. The summed E-state index contributed by atoms with van der Waals surface area (Å²) in [6, 6.07) is 14.4. The lowest BCUT2D eigenvalue weighted by molar-refractivity contribution is 0.0572. The SMILES string of the molecule is C=C(C)n1cc(CN(Cc2ccnc(C)c2)[C@H]2CCCN(c3ccc(C)nc3)C2)c(=O)c2ccc(N3C[C@@H](O)[C@@H](O)C3)cc21. The summed E-state index contributed by atoms with van der Waals surface area (Å²) in [5.74, 6) is 0. The van der Waals surface area contributed by atoms with Crippen LogP contribution in [-0.2, 0) is 13.1 Å². The number of aromatic nitrogens is 3. The molecular formula is C35H42N6O3. The van der Waals surface area contributed by atoms with Gasteiger partial charge in [0.15, 0.2) is 5.43 Å². The molecule has 5 heterocycles. The van der Waals surface area contributed by atoms with Crippen LogP contribution in [0.25, 0.3) is 16.6 Å². The maximum Gasteiger partial charge on any atom is 0.193 e. The second kappa shape index (κ2) is 12.5. The van der Waals surface area contributed by atoms with Crippen LogP contribution >= 0.6 is 0 Å². The van der Waals surface area contributed by atoms with Gasteiger partial charge in [-0.1, -0.05) is 6.58 Å². The van der Waals surface area contributed by atoms with E-state index in [1.807, 2.05) is 67.0 Å². The molecule has 0 amide bonds. The van der Waals surface area contributed by atoms with Crippen molar-refractivity contribution in [3.8, 4) is 0 Å². The highest BCUT2D eigenvalue weighted by atomic mass is 16.3. The fraction of sp³-hybridized carbons (Fsp3) is 0.400. The Balaban J connectivity index is 1.35. The van der Waals surface area contributed by atoms with E-state index in [-0.39, 0.29) is 11.5 Å². The van der Waals surface area contributed by atoms with Crippen molar-refractivity contribution >= 4 is 28.0 Å². The molecule has 0 spiro atoms. The van der Waals surface area contributed by atoms with Gasteiger partial charge in [-0.15, -0.1) is 0 Å². The fourth-order valence-electron chi connectivity index (χ4n) is 6.58. The zero-order chi connectivity index (χ0) is 31.0. The number of aliphatic hydroxyl groups is 2. The molecule has 0 radical (unpaired) electrons. The number of β-amino-alcohol motifs (C(OH)–C–C–N with tert-alkyl or cyclic N) is 2. The van der Waals surface area contributed by atoms with E-state index in [1.54, 1.807) is 0 Å².